The molecule has 0 saturated heterocycles. The normalized spacial score (nSPS) is 11.2. The van der Waals surface area contributed by atoms with E-state index in [0.29, 0.717) is 12.8 Å². The van der Waals surface area contributed by atoms with Crippen molar-refractivity contribution < 1.29 is 14.7 Å². The van der Waals surface area contributed by atoms with Gasteiger partial charge in [-0.25, -0.2) is 0 Å². The fourth-order valence-electron chi connectivity index (χ4n) is 1.93. The van der Waals surface area contributed by atoms with Gasteiger partial charge in [-0.15, -0.1) is 0 Å². The van der Waals surface area contributed by atoms with Crippen LogP contribution in [0, 0.1) is 6.92 Å². The molecule has 0 unspecified atom stereocenters. The van der Waals surface area contributed by atoms with Crippen molar-refractivity contribution in [1.82, 2.24) is 5.32 Å². The van der Waals surface area contributed by atoms with Crippen LogP contribution in [0.4, 0.5) is 0 Å². The summed E-state index contributed by atoms with van der Waals surface area (Å²) < 4.78 is 0.987. The van der Waals surface area contributed by atoms with Gasteiger partial charge in [0.1, 0.15) is 0 Å². The molecule has 0 spiro atoms. The first kappa shape index (κ1) is 16.7. The van der Waals surface area contributed by atoms with E-state index >= 15 is 0 Å². The van der Waals surface area contributed by atoms with Gasteiger partial charge in [0.25, 0.3) is 0 Å². The molecule has 1 aromatic rings. The Kier molecular flexibility index (Phi) is 5.74. The number of benzene rings is 1. The molecule has 20 heavy (non-hydrogen) atoms. The van der Waals surface area contributed by atoms with Crippen molar-refractivity contribution in [2.24, 2.45) is 0 Å². The van der Waals surface area contributed by atoms with Crippen LogP contribution >= 0.6 is 15.9 Å². The zero-order valence-electron chi connectivity index (χ0n) is 12.0. The average molecular weight is 342 g/mol. The molecule has 0 aliphatic carbocycles. The third-order valence-electron chi connectivity index (χ3n) is 3.10. The van der Waals surface area contributed by atoms with Gasteiger partial charge in [-0.2, -0.15) is 0 Å². The first-order chi connectivity index (χ1) is 9.19. The van der Waals surface area contributed by atoms with Crippen molar-refractivity contribution >= 4 is 27.8 Å². The zero-order chi connectivity index (χ0) is 15.3. The highest BCUT2D eigenvalue weighted by molar-refractivity contribution is 9.10. The summed E-state index contributed by atoms with van der Waals surface area (Å²) >= 11 is 3.39. The molecule has 2 N–H and O–H groups in total. The minimum absolute atomic E-state index is 0.0462. The predicted molar refractivity (Wildman–Crippen MR) is 81.7 cm³/mol. The van der Waals surface area contributed by atoms with Gasteiger partial charge in [0.2, 0.25) is 5.91 Å². The van der Waals surface area contributed by atoms with Gasteiger partial charge in [-0.05, 0) is 50.5 Å². The average Bonchev–Trinajstić information content (AvgIpc) is 2.30. The monoisotopic (exact) mass is 341 g/mol. The highest BCUT2D eigenvalue weighted by Crippen LogP contribution is 2.17. The van der Waals surface area contributed by atoms with E-state index in [4.69, 9.17) is 5.11 Å². The molecule has 0 heterocycles. The van der Waals surface area contributed by atoms with E-state index in [1.807, 2.05) is 39.0 Å². The van der Waals surface area contributed by atoms with E-state index in [1.165, 1.54) is 0 Å². The van der Waals surface area contributed by atoms with Gasteiger partial charge < -0.3 is 10.4 Å². The number of carbonyl (C=O) groups excluding carboxylic acids is 1. The van der Waals surface area contributed by atoms with Crippen molar-refractivity contribution in [1.29, 1.82) is 0 Å². The van der Waals surface area contributed by atoms with E-state index < -0.39 is 11.5 Å². The highest BCUT2D eigenvalue weighted by atomic mass is 79.9. The van der Waals surface area contributed by atoms with Crippen LogP contribution in [0.25, 0.3) is 0 Å². The quantitative estimate of drug-likeness (QED) is 0.835. The fraction of sp³-hybridized carbons (Fsp3) is 0.467. The van der Waals surface area contributed by atoms with Crippen molar-refractivity contribution in [3.8, 4) is 0 Å². The van der Waals surface area contributed by atoms with Crippen LogP contribution in [0.15, 0.2) is 22.7 Å². The largest absolute Gasteiger partial charge is 0.481 e. The molecule has 0 atom stereocenters. The zero-order valence-corrected chi connectivity index (χ0v) is 13.6. The molecule has 0 fully saturated rings. The number of aliphatic carboxylic acids is 1. The number of hydrogen-bond donors (Lipinski definition) is 2. The Morgan fingerprint density at radius 1 is 1.35 bits per heavy atom. The number of hydrogen-bond acceptors (Lipinski definition) is 2. The molecule has 0 aliphatic rings. The van der Waals surface area contributed by atoms with Crippen molar-refractivity contribution in [3.05, 3.63) is 33.8 Å². The Bertz CT molecular complexity index is 512. The van der Waals surface area contributed by atoms with Crippen LogP contribution in [-0.2, 0) is 16.0 Å². The van der Waals surface area contributed by atoms with E-state index in [0.717, 1.165) is 15.6 Å². The van der Waals surface area contributed by atoms with Crippen LogP contribution in [0.5, 0.6) is 0 Å². The second-order valence-electron chi connectivity index (χ2n) is 5.57. The first-order valence-corrected chi connectivity index (χ1v) is 7.27. The topological polar surface area (TPSA) is 66.4 Å². The van der Waals surface area contributed by atoms with Crippen molar-refractivity contribution in [3.63, 3.8) is 0 Å². The number of carbonyl (C=O) groups is 2. The van der Waals surface area contributed by atoms with Crippen LogP contribution in [0.1, 0.15) is 37.8 Å². The number of rotatable bonds is 6. The molecule has 0 aromatic heterocycles. The molecule has 1 amide bonds. The molecule has 0 radical (unpaired) electrons. The Hall–Kier alpha value is -1.36. The third-order valence-corrected chi connectivity index (χ3v) is 3.59. The summed E-state index contributed by atoms with van der Waals surface area (Å²) in [5.41, 5.74) is 1.51. The maximum Gasteiger partial charge on any atom is 0.303 e. The fourth-order valence-corrected chi connectivity index (χ4v) is 2.41. The van der Waals surface area contributed by atoms with Gasteiger partial charge in [-0.1, -0.05) is 22.0 Å². The summed E-state index contributed by atoms with van der Waals surface area (Å²) in [6.07, 6.45) is 0.758. The number of carboxylic acids is 1. The number of carboxylic acid groups (broad SMARTS) is 1. The van der Waals surface area contributed by atoms with Gasteiger partial charge in [0, 0.05) is 16.4 Å². The molecule has 110 valence electrons. The van der Waals surface area contributed by atoms with E-state index in [2.05, 4.69) is 21.2 Å². The molecule has 1 aromatic carbocycles. The van der Waals surface area contributed by atoms with Gasteiger partial charge in [0.15, 0.2) is 0 Å². The molecular weight excluding hydrogens is 322 g/mol. The summed E-state index contributed by atoms with van der Waals surface area (Å²) in [7, 11) is 0. The molecule has 0 saturated carbocycles. The lowest BCUT2D eigenvalue weighted by Gasteiger charge is -2.25. The van der Waals surface area contributed by atoms with Crippen molar-refractivity contribution in [2.75, 3.05) is 0 Å². The summed E-state index contributed by atoms with van der Waals surface area (Å²) in [6.45, 7) is 5.63. The van der Waals surface area contributed by atoms with Crippen LogP contribution in [-0.4, -0.2) is 22.5 Å². The van der Waals surface area contributed by atoms with Crippen LogP contribution < -0.4 is 5.32 Å². The lowest BCUT2D eigenvalue weighted by molar-refractivity contribution is -0.137. The Morgan fingerprint density at radius 2 is 2.00 bits per heavy atom. The molecular formula is C15H20BrNO3. The summed E-state index contributed by atoms with van der Waals surface area (Å²) in [6, 6.07) is 5.80. The SMILES string of the molecule is Cc1cc(Br)ccc1CC(=O)NC(C)(C)CCC(=O)O. The molecule has 1 rings (SSSR count). The first-order valence-electron chi connectivity index (χ1n) is 6.47. The Labute approximate surface area is 127 Å². The predicted octanol–water partition coefficient (Wildman–Crippen LogP) is 3.06. The van der Waals surface area contributed by atoms with Gasteiger partial charge in [0.05, 0.1) is 6.42 Å². The van der Waals surface area contributed by atoms with Gasteiger partial charge in [-0.3, -0.25) is 9.59 Å². The van der Waals surface area contributed by atoms with Crippen molar-refractivity contribution in [2.45, 2.75) is 45.6 Å². The molecule has 4 nitrogen and oxygen atoms in total. The van der Waals surface area contributed by atoms with Gasteiger partial charge >= 0.3 is 5.97 Å². The van der Waals surface area contributed by atoms with E-state index in [1.54, 1.807) is 0 Å². The second kappa shape index (κ2) is 6.88. The summed E-state index contributed by atoms with van der Waals surface area (Å²) in [5.74, 6) is -0.943. The van der Waals surface area contributed by atoms with Crippen LogP contribution in [0.2, 0.25) is 0 Å². The Balaban J connectivity index is 2.60. The lowest BCUT2D eigenvalue weighted by Crippen LogP contribution is -2.44. The highest BCUT2D eigenvalue weighted by Gasteiger charge is 2.21. The van der Waals surface area contributed by atoms with Crippen LogP contribution in [0.3, 0.4) is 0 Å². The summed E-state index contributed by atoms with van der Waals surface area (Å²) in [5, 5.41) is 11.6. The smallest absolute Gasteiger partial charge is 0.303 e. The second-order valence-corrected chi connectivity index (χ2v) is 6.49. The van der Waals surface area contributed by atoms with E-state index in [-0.39, 0.29) is 12.3 Å². The molecule has 0 bridgehead atoms. The number of amides is 1. The number of halogens is 1. The summed E-state index contributed by atoms with van der Waals surface area (Å²) in [4.78, 5) is 22.6. The molecule has 5 heteroatoms. The maximum atomic E-state index is 12.0. The minimum Gasteiger partial charge on any atom is -0.481 e. The standard InChI is InChI=1S/C15H20BrNO3/c1-10-8-12(16)5-4-11(10)9-13(18)17-15(2,3)7-6-14(19)20/h4-5,8H,6-7,9H2,1-3H3,(H,17,18)(H,19,20). The number of aryl methyl sites for hydroxylation is 1. The van der Waals surface area contributed by atoms with E-state index in [9.17, 15) is 9.59 Å². The Morgan fingerprint density at radius 3 is 2.55 bits per heavy atom. The third kappa shape index (κ3) is 5.74. The minimum atomic E-state index is -0.851. The maximum absolute atomic E-state index is 12.0. The molecule has 0 aliphatic heterocycles. The number of nitrogens with one attached hydrogen (secondary N) is 1. The lowest BCUT2D eigenvalue weighted by atomic mass is 9.97.